The van der Waals surface area contributed by atoms with Crippen molar-refractivity contribution in [1.29, 1.82) is 5.26 Å². The van der Waals surface area contributed by atoms with E-state index >= 15 is 0 Å². The summed E-state index contributed by atoms with van der Waals surface area (Å²) in [6.45, 7) is 5.15. The normalized spacial score (nSPS) is 12.1. The molecule has 1 rings (SSSR count). The van der Waals surface area contributed by atoms with Gasteiger partial charge in [-0.05, 0) is 25.5 Å². The van der Waals surface area contributed by atoms with Crippen molar-refractivity contribution in [3.63, 3.8) is 0 Å². The van der Waals surface area contributed by atoms with Crippen LogP contribution >= 0.6 is 0 Å². The van der Waals surface area contributed by atoms with Gasteiger partial charge in [0.25, 0.3) is 0 Å². The van der Waals surface area contributed by atoms with Gasteiger partial charge in [-0.3, -0.25) is 5.32 Å². The number of nitrogens with one attached hydrogen (secondary N) is 1. The molecule has 86 valence electrons. The molecule has 0 bridgehead atoms. The molecule has 0 radical (unpaired) electrons. The third kappa shape index (κ3) is 4.04. The highest BCUT2D eigenvalue weighted by Gasteiger charge is 2.08. The third-order valence-corrected chi connectivity index (χ3v) is 2.63. The molecule has 0 aliphatic rings. The van der Waals surface area contributed by atoms with Gasteiger partial charge < -0.3 is 0 Å². The van der Waals surface area contributed by atoms with E-state index in [-0.39, 0.29) is 6.04 Å². The van der Waals surface area contributed by atoms with Crippen LogP contribution in [0.4, 0.5) is 0 Å². The van der Waals surface area contributed by atoms with Crippen molar-refractivity contribution >= 4 is 0 Å². The molecule has 2 nitrogen and oxygen atoms in total. The van der Waals surface area contributed by atoms with Crippen molar-refractivity contribution in [1.82, 2.24) is 5.32 Å². The Morgan fingerprint density at radius 3 is 2.81 bits per heavy atom. The highest BCUT2D eigenvalue weighted by molar-refractivity contribution is 5.28. The molecule has 0 aliphatic heterocycles. The van der Waals surface area contributed by atoms with E-state index in [1.165, 1.54) is 18.4 Å². The maximum Gasteiger partial charge on any atom is 0.121 e. The highest BCUT2D eigenvalue weighted by atomic mass is 14.9. The molecule has 0 fully saturated rings. The lowest BCUT2D eigenvalue weighted by Crippen LogP contribution is -2.21. The van der Waals surface area contributed by atoms with Crippen molar-refractivity contribution in [2.75, 3.05) is 6.54 Å². The van der Waals surface area contributed by atoms with Crippen molar-refractivity contribution in [3.05, 3.63) is 35.4 Å². The van der Waals surface area contributed by atoms with Gasteiger partial charge in [0.1, 0.15) is 6.04 Å². The Balaban J connectivity index is 2.51. The molecule has 2 heteroatoms. The van der Waals surface area contributed by atoms with Crippen LogP contribution in [0.3, 0.4) is 0 Å². The Labute approximate surface area is 98.3 Å². The zero-order valence-corrected chi connectivity index (χ0v) is 10.2. The van der Waals surface area contributed by atoms with Gasteiger partial charge in [0.15, 0.2) is 0 Å². The Kier molecular flexibility index (Phi) is 5.60. The zero-order valence-electron chi connectivity index (χ0n) is 10.2. The number of hydrogen-bond acceptors (Lipinski definition) is 2. The van der Waals surface area contributed by atoms with Crippen molar-refractivity contribution in [3.8, 4) is 6.07 Å². The molecule has 1 unspecified atom stereocenters. The van der Waals surface area contributed by atoms with Gasteiger partial charge in [-0.2, -0.15) is 5.26 Å². The summed E-state index contributed by atoms with van der Waals surface area (Å²) in [5.74, 6) is 0. The number of nitriles is 1. The van der Waals surface area contributed by atoms with Gasteiger partial charge in [-0.1, -0.05) is 49.6 Å². The first kappa shape index (κ1) is 12.7. The summed E-state index contributed by atoms with van der Waals surface area (Å²) in [5.41, 5.74) is 2.27. The minimum Gasteiger partial charge on any atom is -0.298 e. The highest BCUT2D eigenvalue weighted by Crippen LogP contribution is 2.13. The van der Waals surface area contributed by atoms with Crippen LogP contribution in [0.25, 0.3) is 0 Å². The summed E-state index contributed by atoms with van der Waals surface area (Å²) in [6.07, 6.45) is 3.57. The maximum atomic E-state index is 9.11. The molecule has 0 saturated carbocycles. The monoisotopic (exact) mass is 216 g/mol. The number of aryl methyl sites for hydroxylation is 1. The second-order valence-corrected chi connectivity index (χ2v) is 4.14. The van der Waals surface area contributed by atoms with Crippen LogP contribution in [-0.4, -0.2) is 6.54 Å². The van der Waals surface area contributed by atoms with Gasteiger partial charge in [-0.25, -0.2) is 0 Å². The van der Waals surface area contributed by atoms with Crippen LogP contribution in [0.2, 0.25) is 0 Å². The molecule has 0 heterocycles. The average Bonchev–Trinajstić information content (AvgIpc) is 2.29. The molecule has 0 spiro atoms. The lowest BCUT2D eigenvalue weighted by atomic mass is 10.1. The number of unbranched alkanes of at least 4 members (excludes halogenated alkanes) is 2. The number of nitrogens with zero attached hydrogens (tertiary/aromatic N) is 1. The fraction of sp³-hybridized carbons (Fsp3) is 0.500. The summed E-state index contributed by atoms with van der Waals surface area (Å²) in [6, 6.07) is 10.3. The molecule has 0 aliphatic carbocycles. The standard InChI is InChI=1S/C14H20N2/c1-3-4-5-9-16-14(11-15)13-8-6-7-12(2)10-13/h6-8,10,14,16H,3-5,9H2,1-2H3. The van der Waals surface area contributed by atoms with Crippen LogP contribution in [0.15, 0.2) is 24.3 Å². The molecular formula is C14H20N2. The maximum absolute atomic E-state index is 9.11. The van der Waals surface area contributed by atoms with Crippen LogP contribution < -0.4 is 5.32 Å². The topological polar surface area (TPSA) is 35.8 Å². The molecule has 1 atom stereocenters. The zero-order chi connectivity index (χ0) is 11.8. The summed E-state index contributed by atoms with van der Waals surface area (Å²) >= 11 is 0. The second kappa shape index (κ2) is 7.03. The van der Waals surface area contributed by atoms with Crippen LogP contribution in [0, 0.1) is 18.3 Å². The first-order valence-electron chi connectivity index (χ1n) is 5.97. The predicted molar refractivity (Wildman–Crippen MR) is 67.1 cm³/mol. The van der Waals surface area contributed by atoms with Crippen LogP contribution in [0.1, 0.15) is 43.4 Å². The fourth-order valence-corrected chi connectivity index (χ4v) is 1.71. The summed E-state index contributed by atoms with van der Waals surface area (Å²) in [7, 11) is 0. The number of benzene rings is 1. The van der Waals surface area contributed by atoms with E-state index in [2.05, 4.69) is 37.4 Å². The molecular weight excluding hydrogens is 196 g/mol. The van der Waals surface area contributed by atoms with E-state index in [0.29, 0.717) is 0 Å². The van der Waals surface area contributed by atoms with E-state index in [0.717, 1.165) is 18.5 Å². The average molecular weight is 216 g/mol. The van der Waals surface area contributed by atoms with Crippen molar-refractivity contribution in [2.45, 2.75) is 39.2 Å². The summed E-state index contributed by atoms with van der Waals surface area (Å²) in [4.78, 5) is 0. The van der Waals surface area contributed by atoms with Crippen molar-refractivity contribution < 1.29 is 0 Å². The van der Waals surface area contributed by atoms with E-state index in [4.69, 9.17) is 5.26 Å². The second-order valence-electron chi connectivity index (χ2n) is 4.14. The Morgan fingerprint density at radius 1 is 1.38 bits per heavy atom. The predicted octanol–water partition coefficient (Wildman–Crippen LogP) is 3.34. The van der Waals surface area contributed by atoms with E-state index in [1.54, 1.807) is 0 Å². The molecule has 1 aromatic carbocycles. The minimum absolute atomic E-state index is 0.170. The Hall–Kier alpha value is -1.33. The Morgan fingerprint density at radius 2 is 2.19 bits per heavy atom. The quantitative estimate of drug-likeness (QED) is 0.740. The molecule has 1 aromatic rings. The van der Waals surface area contributed by atoms with E-state index in [9.17, 15) is 0 Å². The SMILES string of the molecule is CCCCCNC(C#N)c1cccc(C)c1. The Bertz CT molecular complexity index is 352. The molecule has 1 N–H and O–H groups in total. The van der Waals surface area contributed by atoms with Crippen LogP contribution in [-0.2, 0) is 0 Å². The largest absolute Gasteiger partial charge is 0.298 e. The summed E-state index contributed by atoms with van der Waals surface area (Å²) < 4.78 is 0. The van der Waals surface area contributed by atoms with Gasteiger partial charge in [0.2, 0.25) is 0 Å². The third-order valence-electron chi connectivity index (χ3n) is 2.63. The van der Waals surface area contributed by atoms with Gasteiger partial charge in [0, 0.05) is 0 Å². The number of rotatable bonds is 6. The lowest BCUT2D eigenvalue weighted by molar-refractivity contribution is 0.581. The molecule has 0 saturated heterocycles. The lowest BCUT2D eigenvalue weighted by Gasteiger charge is -2.12. The first-order chi connectivity index (χ1) is 7.77. The fourth-order valence-electron chi connectivity index (χ4n) is 1.71. The van der Waals surface area contributed by atoms with Gasteiger partial charge in [0.05, 0.1) is 6.07 Å². The first-order valence-corrected chi connectivity index (χ1v) is 5.97. The number of hydrogen-bond donors (Lipinski definition) is 1. The summed E-state index contributed by atoms with van der Waals surface area (Å²) in [5, 5.41) is 12.4. The molecule has 16 heavy (non-hydrogen) atoms. The van der Waals surface area contributed by atoms with Gasteiger partial charge >= 0.3 is 0 Å². The minimum atomic E-state index is -0.170. The van der Waals surface area contributed by atoms with E-state index in [1.807, 2.05) is 12.1 Å². The smallest absolute Gasteiger partial charge is 0.121 e. The molecule has 0 aromatic heterocycles. The van der Waals surface area contributed by atoms with Crippen LogP contribution in [0.5, 0.6) is 0 Å². The van der Waals surface area contributed by atoms with Gasteiger partial charge in [-0.15, -0.1) is 0 Å². The van der Waals surface area contributed by atoms with Crippen molar-refractivity contribution in [2.24, 2.45) is 0 Å². The van der Waals surface area contributed by atoms with E-state index < -0.39 is 0 Å². The molecule has 0 amide bonds.